The molecule has 0 amide bonds. The molecule has 0 atom stereocenters. The minimum Gasteiger partial charge on any atom is -0.495 e. The quantitative estimate of drug-likeness (QED) is 0.303. The number of nitrogens with one attached hydrogen (secondary N) is 1. The van der Waals surface area contributed by atoms with Gasteiger partial charge in [-0.1, -0.05) is 28.4 Å². The number of H-pyrrole nitrogens is 1. The number of alkyl halides is 3. The van der Waals surface area contributed by atoms with Gasteiger partial charge in [0.2, 0.25) is 0 Å². The van der Waals surface area contributed by atoms with Crippen molar-refractivity contribution in [2.24, 2.45) is 0 Å². The van der Waals surface area contributed by atoms with Crippen molar-refractivity contribution in [1.29, 1.82) is 0 Å². The second kappa shape index (κ2) is 8.68. The van der Waals surface area contributed by atoms with E-state index in [4.69, 9.17) is 27.9 Å². The third-order valence-corrected chi connectivity index (χ3v) is 5.96. The predicted octanol–water partition coefficient (Wildman–Crippen LogP) is 5.60. The molecule has 13 heteroatoms. The number of aromatic nitrogens is 6. The van der Waals surface area contributed by atoms with Crippen LogP contribution in [0.15, 0.2) is 53.6 Å². The number of aromatic amines is 1. The molecule has 4 aromatic heterocycles. The second-order valence-electron chi connectivity index (χ2n) is 7.84. The van der Waals surface area contributed by atoms with Gasteiger partial charge in [-0.25, -0.2) is 9.67 Å². The fraction of sp³-hybridized carbons (Fsp3) is 0.130. The molecule has 5 aromatic rings. The van der Waals surface area contributed by atoms with E-state index >= 15 is 0 Å². The van der Waals surface area contributed by atoms with E-state index in [0.717, 1.165) is 16.3 Å². The molecule has 0 unspecified atom stereocenters. The summed E-state index contributed by atoms with van der Waals surface area (Å²) in [5, 5.41) is 8.14. The summed E-state index contributed by atoms with van der Waals surface area (Å²) >= 11 is 12.4. The first-order valence-electron chi connectivity index (χ1n) is 10.3. The Morgan fingerprint density at radius 3 is 2.53 bits per heavy atom. The first-order valence-corrected chi connectivity index (χ1v) is 11.1. The van der Waals surface area contributed by atoms with Crippen LogP contribution >= 0.6 is 23.2 Å². The van der Waals surface area contributed by atoms with Gasteiger partial charge in [0, 0.05) is 33.3 Å². The van der Waals surface area contributed by atoms with Crippen LogP contribution in [0.4, 0.5) is 13.2 Å². The Labute approximate surface area is 210 Å². The monoisotopic (exact) mass is 534 g/mol. The molecule has 4 heterocycles. The highest BCUT2D eigenvalue weighted by Crippen LogP contribution is 2.36. The lowest BCUT2D eigenvalue weighted by Gasteiger charge is -2.15. The minimum atomic E-state index is -4.67. The summed E-state index contributed by atoms with van der Waals surface area (Å²) in [5.41, 5.74) is 0.515. The first-order chi connectivity index (χ1) is 17.0. The standard InChI is InChI=1S/C23H15Cl2F3N6O2/c1-11-5-12-6-19(30-21(12)22(25)29-11)33-9-17(36-2)15(8-20(33)35)14-7-13(24)3-4-16(14)34-10-18(31-32-34)23(26,27)28/h3-10,30H,1-2H3. The summed E-state index contributed by atoms with van der Waals surface area (Å²) in [4.78, 5) is 20.5. The Bertz CT molecular complexity index is 1690. The SMILES string of the molecule is COc1cn(-c2cc3cc(C)nc(Cl)c3[nH]2)c(=O)cc1-c1cc(Cl)ccc1-n1cc(C(F)(F)F)nn1. The molecule has 8 nitrogen and oxygen atoms in total. The van der Waals surface area contributed by atoms with Crippen molar-refractivity contribution in [3.8, 4) is 28.4 Å². The molecule has 36 heavy (non-hydrogen) atoms. The van der Waals surface area contributed by atoms with Crippen LogP contribution in [0.2, 0.25) is 10.2 Å². The van der Waals surface area contributed by atoms with Gasteiger partial charge in [0.15, 0.2) is 10.8 Å². The molecule has 0 saturated carbocycles. The summed E-state index contributed by atoms with van der Waals surface area (Å²) in [5.74, 6) is 0.680. The van der Waals surface area contributed by atoms with E-state index in [-0.39, 0.29) is 16.6 Å². The number of nitrogens with zero attached hydrogens (tertiary/aromatic N) is 5. The van der Waals surface area contributed by atoms with Gasteiger partial charge in [-0.15, -0.1) is 5.10 Å². The van der Waals surface area contributed by atoms with Crippen molar-refractivity contribution in [3.63, 3.8) is 0 Å². The molecule has 0 radical (unpaired) electrons. The number of hydrogen-bond acceptors (Lipinski definition) is 5. The number of aryl methyl sites for hydroxylation is 1. The molecule has 184 valence electrons. The van der Waals surface area contributed by atoms with Gasteiger partial charge in [-0.05, 0) is 37.3 Å². The smallest absolute Gasteiger partial charge is 0.436 e. The molecular formula is C23H15Cl2F3N6O2. The van der Waals surface area contributed by atoms with E-state index in [1.54, 1.807) is 13.0 Å². The minimum absolute atomic E-state index is 0.219. The maximum atomic E-state index is 13.2. The Morgan fingerprint density at radius 2 is 1.83 bits per heavy atom. The number of fused-ring (bicyclic) bond motifs is 1. The molecule has 1 N–H and O–H groups in total. The van der Waals surface area contributed by atoms with E-state index in [2.05, 4.69) is 20.3 Å². The predicted molar refractivity (Wildman–Crippen MR) is 128 cm³/mol. The maximum Gasteiger partial charge on any atom is 0.436 e. The third kappa shape index (κ3) is 4.20. The summed E-state index contributed by atoms with van der Waals surface area (Å²) in [6, 6.07) is 9.34. The normalized spacial score (nSPS) is 11.9. The first kappa shape index (κ1) is 23.9. The van der Waals surface area contributed by atoms with Crippen LogP contribution in [-0.4, -0.2) is 36.6 Å². The Balaban J connectivity index is 1.67. The second-order valence-corrected chi connectivity index (χ2v) is 8.64. The van der Waals surface area contributed by atoms with Gasteiger partial charge in [-0.3, -0.25) is 9.36 Å². The molecule has 1 aromatic carbocycles. The van der Waals surface area contributed by atoms with Gasteiger partial charge in [0.25, 0.3) is 5.56 Å². The number of ether oxygens (including phenoxy) is 1. The number of halogens is 5. The zero-order chi connectivity index (χ0) is 25.8. The van der Waals surface area contributed by atoms with Crippen LogP contribution in [0.5, 0.6) is 5.75 Å². The number of hydrogen-bond donors (Lipinski definition) is 1. The largest absolute Gasteiger partial charge is 0.495 e. The van der Waals surface area contributed by atoms with E-state index in [1.807, 2.05) is 6.07 Å². The lowest BCUT2D eigenvalue weighted by atomic mass is 10.0. The molecule has 0 bridgehead atoms. The van der Waals surface area contributed by atoms with Crippen molar-refractivity contribution in [2.45, 2.75) is 13.1 Å². The van der Waals surface area contributed by atoms with Crippen molar-refractivity contribution >= 4 is 34.1 Å². The van der Waals surface area contributed by atoms with E-state index < -0.39 is 17.4 Å². The van der Waals surface area contributed by atoms with Gasteiger partial charge in [0.1, 0.15) is 11.6 Å². The molecular weight excluding hydrogens is 520 g/mol. The molecule has 0 saturated heterocycles. The lowest BCUT2D eigenvalue weighted by Crippen LogP contribution is -2.18. The maximum absolute atomic E-state index is 13.2. The van der Waals surface area contributed by atoms with E-state index in [1.165, 1.54) is 42.1 Å². The van der Waals surface area contributed by atoms with Crippen LogP contribution < -0.4 is 10.3 Å². The van der Waals surface area contributed by atoms with Crippen molar-refractivity contribution in [3.05, 3.63) is 80.7 Å². The van der Waals surface area contributed by atoms with E-state index in [0.29, 0.717) is 33.2 Å². The Kier molecular flexibility index (Phi) is 5.76. The molecule has 5 rings (SSSR count). The van der Waals surface area contributed by atoms with Crippen LogP contribution in [-0.2, 0) is 6.18 Å². The zero-order valence-electron chi connectivity index (χ0n) is 18.6. The van der Waals surface area contributed by atoms with Crippen LogP contribution in [0.1, 0.15) is 11.4 Å². The summed E-state index contributed by atoms with van der Waals surface area (Å²) in [6.45, 7) is 1.80. The fourth-order valence-corrected chi connectivity index (χ4v) is 4.31. The van der Waals surface area contributed by atoms with Gasteiger partial charge >= 0.3 is 6.18 Å². The van der Waals surface area contributed by atoms with Gasteiger partial charge in [0.05, 0.1) is 30.7 Å². The third-order valence-electron chi connectivity index (χ3n) is 5.46. The summed E-state index contributed by atoms with van der Waals surface area (Å²) < 4.78 is 47.1. The van der Waals surface area contributed by atoms with E-state index in [9.17, 15) is 18.0 Å². The lowest BCUT2D eigenvalue weighted by molar-refractivity contribution is -0.141. The molecule has 0 aliphatic rings. The molecule has 0 fully saturated rings. The number of rotatable bonds is 4. The summed E-state index contributed by atoms with van der Waals surface area (Å²) in [7, 11) is 1.41. The number of benzene rings is 1. The zero-order valence-corrected chi connectivity index (χ0v) is 20.1. The highest BCUT2D eigenvalue weighted by molar-refractivity contribution is 6.34. The highest BCUT2D eigenvalue weighted by Gasteiger charge is 2.34. The number of pyridine rings is 2. The summed E-state index contributed by atoms with van der Waals surface area (Å²) in [6.07, 6.45) is -2.45. The van der Waals surface area contributed by atoms with Crippen molar-refractivity contribution in [2.75, 3.05) is 7.11 Å². The topological polar surface area (TPSA) is 90.6 Å². The Hall–Kier alpha value is -3.83. The average molecular weight is 535 g/mol. The van der Waals surface area contributed by atoms with Crippen molar-refractivity contribution < 1.29 is 17.9 Å². The highest BCUT2D eigenvalue weighted by atomic mass is 35.5. The van der Waals surface area contributed by atoms with Crippen molar-refractivity contribution in [1.82, 2.24) is 29.5 Å². The fourth-order valence-electron chi connectivity index (χ4n) is 3.85. The average Bonchev–Trinajstić information content (AvgIpc) is 3.46. The molecule has 0 aliphatic carbocycles. The number of methoxy groups -OCH3 is 1. The van der Waals surface area contributed by atoms with Crippen LogP contribution in [0.3, 0.4) is 0 Å². The molecule has 0 aliphatic heterocycles. The van der Waals surface area contributed by atoms with Gasteiger partial charge in [-0.2, -0.15) is 13.2 Å². The van der Waals surface area contributed by atoms with Gasteiger partial charge < -0.3 is 9.72 Å². The molecule has 0 spiro atoms. The Morgan fingerprint density at radius 1 is 1.06 bits per heavy atom. The van der Waals surface area contributed by atoms with Crippen LogP contribution in [0, 0.1) is 6.92 Å². The van der Waals surface area contributed by atoms with Crippen LogP contribution in [0.25, 0.3) is 33.5 Å².